The molecule has 1 amide bonds. The number of hydrogen-bond acceptors (Lipinski definition) is 5. The first-order valence-corrected chi connectivity index (χ1v) is 8.90. The van der Waals surface area contributed by atoms with Gasteiger partial charge in [0.05, 0.1) is 21.8 Å². The average Bonchev–Trinajstić information content (AvgIpc) is 2.96. The van der Waals surface area contributed by atoms with Gasteiger partial charge < -0.3 is 9.64 Å². The molecule has 1 aliphatic rings. The lowest BCUT2D eigenvalue weighted by Gasteiger charge is -2.24. The van der Waals surface area contributed by atoms with Crippen LogP contribution in [0.15, 0.2) is 29.2 Å². The van der Waals surface area contributed by atoms with E-state index in [4.69, 9.17) is 10.00 Å². The van der Waals surface area contributed by atoms with Gasteiger partial charge in [-0.1, -0.05) is 6.07 Å². The monoisotopic (exact) mass is 336 g/mol. The second-order valence-corrected chi connectivity index (χ2v) is 8.75. The van der Waals surface area contributed by atoms with Gasteiger partial charge in [-0.3, -0.25) is 0 Å². The summed E-state index contributed by atoms with van der Waals surface area (Å²) in [5.41, 5.74) is -0.317. The van der Waals surface area contributed by atoms with Crippen molar-refractivity contribution in [2.24, 2.45) is 0 Å². The highest BCUT2D eigenvalue weighted by molar-refractivity contribution is 7.92. The molecule has 6 nitrogen and oxygen atoms in total. The van der Waals surface area contributed by atoms with Crippen molar-refractivity contribution in [3.63, 3.8) is 0 Å². The number of benzene rings is 1. The van der Waals surface area contributed by atoms with Crippen LogP contribution in [0.5, 0.6) is 0 Å². The van der Waals surface area contributed by atoms with Gasteiger partial charge in [0.1, 0.15) is 5.60 Å². The van der Waals surface area contributed by atoms with E-state index in [1.165, 1.54) is 17.0 Å². The van der Waals surface area contributed by atoms with Crippen LogP contribution >= 0.6 is 0 Å². The Hall–Kier alpha value is -2.07. The van der Waals surface area contributed by atoms with Crippen molar-refractivity contribution < 1.29 is 17.9 Å². The highest BCUT2D eigenvalue weighted by Crippen LogP contribution is 2.25. The van der Waals surface area contributed by atoms with Gasteiger partial charge in [-0.05, 0) is 45.4 Å². The van der Waals surface area contributed by atoms with Gasteiger partial charge in [0.15, 0.2) is 9.84 Å². The summed E-state index contributed by atoms with van der Waals surface area (Å²) < 4.78 is 30.6. The Bertz CT molecular complexity index is 744. The van der Waals surface area contributed by atoms with E-state index in [1.807, 2.05) is 6.07 Å². The minimum Gasteiger partial charge on any atom is -0.444 e. The molecule has 0 unspecified atom stereocenters. The molecule has 0 aromatic heterocycles. The van der Waals surface area contributed by atoms with Crippen LogP contribution in [-0.2, 0) is 14.6 Å². The summed E-state index contributed by atoms with van der Waals surface area (Å²) in [6.45, 7) is 5.75. The molecule has 1 heterocycles. The molecule has 1 aromatic rings. The molecule has 7 heteroatoms. The highest BCUT2D eigenvalue weighted by atomic mass is 32.2. The van der Waals surface area contributed by atoms with Crippen molar-refractivity contribution in [2.45, 2.75) is 42.9 Å². The molecule has 1 aromatic carbocycles. The number of nitriles is 1. The van der Waals surface area contributed by atoms with Crippen LogP contribution in [0.25, 0.3) is 0 Å². The molecular formula is C16H20N2O4S. The summed E-state index contributed by atoms with van der Waals surface area (Å²) in [5.74, 6) is 0. The van der Waals surface area contributed by atoms with Gasteiger partial charge in [0, 0.05) is 13.1 Å². The zero-order valence-corrected chi connectivity index (χ0v) is 14.3. The number of nitrogens with zero attached hydrogens (tertiary/aromatic N) is 2. The number of amides is 1. The lowest BCUT2D eigenvalue weighted by Crippen LogP contribution is -2.36. The summed E-state index contributed by atoms with van der Waals surface area (Å²) in [5, 5.41) is 8.22. The molecular weight excluding hydrogens is 316 g/mol. The largest absolute Gasteiger partial charge is 0.444 e. The standard InChI is InChI=1S/C16H20N2O4S/c1-16(2,3)22-15(19)18-8-7-14(11-18)23(20,21)13-6-4-5-12(9-13)10-17/h4-6,9,14H,7-8,11H2,1-3H3/t14-/m1/s1. The second kappa shape index (κ2) is 6.20. The number of carbonyl (C=O) groups is 1. The molecule has 124 valence electrons. The molecule has 0 saturated carbocycles. The maximum atomic E-state index is 12.7. The van der Waals surface area contributed by atoms with E-state index in [-0.39, 0.29) is 11.4 Å². The fraction of sp³-hybridized carbons (Fsp3) is 0.500. The minimum absolute atomic E-state index is 0.105. The maximum absolute atomic E-state index is 12.7. The number of hydrogen-bond donors (Lipinski definition) is 0. The van der Waals surface area contributed by atoms with E-state index >= 15 is 0 Å². The molecule has 0 aliphatic carbocycles. The smallest absolute Gasteiger partial charge is 0.410 e. The third kappa shape index (κ3) is 4.02. The Morgan fingerprint density at radius 1 is 1.39 bits per heavy atom. The first kappa shape index (κ1) is 17.3. The first-order chi connectivity index (χ1) is 10.6. The number of likely N-dealkylation sites (tertiary alicyclic amines) is 1. The van der Waals surface area contributed by atoms with Crippen LogP contribution in [0.2, 0.25) is 0 Å². The van der Waals surface area contributed by atoms with E-state index in [2.05, 4.69) is 0 Å². The van der Waals surface area contributed by atoms with E-state index in [0.717, 1.165) is 0 Å². The van der Waals surface area contributed by atoms with Crippen molar-refractivity contribution in [3.8, 4) is 6.07 Å². The van der Waals surface area contributed by atoms with Gasteiger partial charge in [0.2, 0.25) is 0 Å². The second-order valence-electron chi connectivity index (χ2n) is 6.52. The van der Waals surface area contributed by atoms with Crippen LogP contribution in [0.3, 0.4) is 0 Å². The Morgan fingerprint density at radius 2 is 2.09 bits per heavy atom. The van der Waals surface area contributed by atoms with E-state index < -0.39 is 26.8 Å². The van der Waals surface area contributed by atoms with Gasteiger partial charge in [0.25, 0.3) is 0 Å². The van der Waals surface area contributed by atoms with Gasteiger partial charge in [-0.2, -0.15) is 5.26 Å². The quantitative estimate of drug-likeness (QED) is 0.827. The highest BCUT2D eigenvalue weighted by Gasteiger charge is 2.37. The molecule has 1 fully saturated rings. The average molecular weight is 336 g/mol. The molecule has 1 aliphatic heterocycles. The molecule has 1 saturated heterocycles. The van der Waals surface area contributed by atoms with Gasteiger partial charge >= 0.3 is 6.09 Å². The Balaban J connectivity index is 2.14. The van der Waals surface area contributed by atoms with Crippen LogP contribution < -0.4 is 0 Å². The van der Waals surface area contributed by atoms with Gasteiger partial charge in [-0.15, -0.1) is 0 Å². The van der Waals surface area contributed by atoms with E-state index in [9.17, 15) is 13.2 Å². The Kier molecular flexibility index (Phi) is 4.66. The van der Waals surface area contributed by atoms with E-state index in [0.29, 0.717) is 18.5 Å². The first-order valence-electron chi connectivity index (χ1n) is 7.35. The third-order valence-electron chi connectivity index (χ3n) is 3.53. The van der Waals surface area contributed by atoms with Crippen LogP contribution in [0.1, 0.15) is 32.8 Å². The number of sulfone groups is 1. The van der Waals surface area contributed by atoms with Crippen molar-refractivity contribution in [1.29, 1.82) is 5.26 Å². The fourth-order valence-corrected chi connectivity index (χ4v) is 4.15. The van der Waals surface area contributed by atoms with Crippen LogP contribution in [0.4, 0.5) is 4.79 Å². The molecule has 0 radical (unpaired) electrons. The van der Waals surface area contributed by atoms with Crippen LogP contribution in [-0.4, -0.2) is 43.4 Å². The van der Waals surface area contributed by atoms with Crippen molar-refractivity contribution in [3.05, 3.63) is 29.8 Å². The predicted octanol–water partition coefficient (Wildman–Crippen LogP) is 2.34. The Morgan fingerprint density at radius 3 is 2.70 bits per heavy atom. The summed E-state index contributed by atoms with van der Waals surface area (Å²) in [4.78, 5) is 13.6. The maximum Gasteiger partial charge on any atom is 0.410 e. The summed E-state index contributed by atoms with van der Waals surface area (Å²) in [7, 11) is -3.58. The lowest BCUT2D eigenvalue weighted by atomic mass is 10.2. The molecule has 23 heavy (non-hydrogen) atoms. The molecule has 1 atom stereocenters. The fourth-order valence-electron chi connectivity index (χ4n) is 2.41. The predicted molar refractivity (Wildman–Crippen MR) is 84.6 cm³/mol. The van der Waals surface area contributed by atoms with E-state index in [1.54, 1.807) is 32.9 Å². The minimum atomic E-state index is -3.58. The van der Waals surface area contributed by atoms with Crippen molar-refractivity contribution in [2.75, 3.05) is 13.1 Å². The number of carbonyl (C=O) groups excluding carboxylic acids is 1. The summed E-state index contributed by atoms with van der Waals surface area (Å²) in [6, 6.07) is 7.88. The normalized spacial score (nSPS) is 18.5. The van der Waals surface area contributed by atoms with Gasteiger partial charge in [-0.25, -0.2) is 13.2 Å². The molecule has 0 bridgehead atoms. The van der Waals surface area contributed by atoms with Crippen LogP contribution in [0, 0.1) is 11.3 Å². The lowest BCUT2D eigenvalue weighted by molar-refractivity contribution is 0.0295. The molecule has 0 spiro atoms. The molecule has 2 rings (SSSR count). The third-order valence-corrected chi connectivity index (χ3v) is 5.70. The topological polar surface area (TPSA) is 87.5 Å². The zero-order chi connectivity index (χ0) is 17.3. The number of ether oxygens (including phenoxy) is 1. The Labute approximate surface area is 136 Å². The SMILES string of the molecule is CC(C)(C)OC(=O)N1CC[C@@H](S(=O)(=O)c2cccc(C#N)c2)C1. The van der Waals surface area contributed by atoms with Crippen molar-refractivity contribution in [1.82, 2.24) is 4.90 Å². The zero-order valence-electron chi connectivity index (χ0n) is 13.4. The number of rotatable bonds is 2. The molecule has 0 N–H and O–H groups in total. The van der Waals surface area contributed by atoms with Crippen molar-refractivity contribution >= 4 is 15.9 Å². The summed E-state index contributed by atoms with van der Waals surface area (Å²) >= 11 is 0. The summed E-state index contributed by atoms with van der Waals surface area (Å²) in [6.07, 6.45) is -0.140.